The van der Waals surface area contributed by atoms with Gasteiger partial charge in [0.2, 0.25) is 0 Å². The van der Waals surface area contributed by atoms with E-state index in [4.69, 9.17) is 0 Å². The zero-order valence-electron chi connectivity index (χ0n) is 11.8. The Labute approximate surface area is 124 Å². The molecule has 0 aliphatic carbocycles. The van der Waals surface area contributed by atoms with Gasteiger partial charge in [-0.2, -0.15) is 13.2 Å². The molecular formula is C13H15F3N4S. The van der Waals surface area contributed by atoms with Crippen LogP contribution in [0.2, 0.25) is 0 Å². The maximum Gasteiger partial charge on any atom is 0.434 e. The van der Waals surface area contributed by atoms with E-state index in [1.807, 2.05) is 20.8 Å². The fourth-order valence-corrected chi connectivity index (χ4v) is 2.57. The molecule has 21 heavy (non-hydrogen) atoms. The maximum atomic E-state index is 13.0. The standard InChI is InChI=1S/C13H15F3N4S/c1-7(2)17-6-9-10(13(14,15)16)20-12(21-9)11-18-4-8(3)5-19-11/h4-5,7,17H,6H2,1-3H3. The summed E-state index contributed by atoms with van der Waals surface area (Å²) in [4.78, 5) is 11.9. The van der Waals surface area contributed by atoms with Gasteiger partial charge in [0.15, 0.2) is 16.5 Å². The van der Waals surface area contributed by atoms with Crippen molar-refractivity contribution in [3.8, 4) is 10.8 Å². The Balaban J connectivity index is 2.37. The van der Waals surface area contributed by atoms with Gasteiger partial charge in [-0.1, -0.05) is 13.8 Å². The van der Waals surface area contributed by atoms with E-state index in [9.17, 15) is 13.2 Å². The van der Waals surface area contributed by atoms with Crippen LogP contribution in [-0.2, 0) is 12.7 Å². The van der Waals surface area contributed by atoms with E-state index in [1.165, 1.54) is 0 Å². The first-order valence-corrected chi connectivity index (χ1v) is 7.18. The molecule has 0 radical (unpaired) electrons. The van der Waals surface area contributed by atoms with Gasteiger partial charge in [0.25, 0.3) is 0 Å². The second-order valence-electron chi connectivity index (χ2n) is 4.91. The summed E-state index contributed by atoms with van der Waals surface area (Å²) < 4.78 is 39.1. The van der Waals surface area contributed by atoms with Crippen LogP contribution in [0.3, 0.4) is 0 Å². The molecule has 0 aliphatic rings. The number of hydrogen-bond acceptors (Lipinski definition) is 5. The summed E-state index contributed by atoms with van der Waals surface area (Å²) in [6, 6.07) is 0.0901. The van der Waals surface area contributed by atoms with E-state index in [0.717, 1.165) is 16.9 Å². The first kappa shape index (κ1) is 15.8. The van der Waals surface area contributed by atoms with Crippen LogP contribution in [0.5, 0.6) is 0 Å². The number of halogens is 3. The molecule has 4 nitrogen and oxygen atoms in total. The van der Waals surface area contributed by atoms with E-state index in [2.05, 4.69) is 20.3 Å². The molecule has 2 aromatic heterocycles. The summed E-state index contributed by atoms with van der Waals surface area (Å²) in [5.41, 5.74) is -0.0205. The molecule has 0 fully saturated rings. The Morgan fingerprint density at radius 1 is 1.24 bits per heavy atom. The van der Waals surface area contributed by atoms with Crippen LogP contribution in [-0.4, -0.2) is 21.0 Å². The summed E-state index contributed by atoms with van der Waals surface area (Å²) in [5, 5.41) is 3.16. The molecular weight excluding hydrogens is 301 g/mol. The molecule has 0 atom stereocenters. The average molecular weight is 316 g/mol. The summed E-state index contributed by atoms with van der Waals surface area (Å²) in [6.45, 7) is 5.68. The van der Waals surface area contributed by atoms with Crippen molar-refractivity contribution in [3.05, 3.63) is 28.5 Å². The third kappa shape index (κ3) is 3.98. The molecule has 0 bridgehead atoms. The number of aryl methyl sites for hydroxylation is 1. The molecule has 0 amide bonds. The highest BCUT2D eigenvalue weighted by Crippen LogP contribution is 2.36. The van der Waals surface area contributed by atoms with Crippen LogP contribution in [0, 0.1) is 6.92 Å². The van der Waals surface area contributed by atoms with Crippen molar-refractivity contribution in [2.75, 3.05) is 0 Å². The SMILES string of the molecule is Cc1cnc(-c2nc(C(F)(F)F)c(CNC(C)C)s2)nc1. The quantitative estimate of drug-likeness (QED) is 0.939. The first-order valence-electron chi connectivity index (χ1n) is 6.36. The largest absolute Gasteiger partial charge is 0.434 e. The fourth-order valence-electron chi connectivity index (χ4n) is 1.59. The summed E-state index contributed by atoms with van der Waals surface area (Å²) in [6.07, 6.45) is -1.36. The van der Waals surface area contributed by atoms with Crippen molar-refractivity contribution >= 4 is 11.3 Å². The van der Waals surface area contributed by atoms with Gasteiger partial charge in [0, 0.05) is 25.0 Å². The number of thiazole rings is 1. The molecule has 2 heterocycles. The van der Waals surface area contributed by atoms with Gasteiger partial charge in [-0.3, -0.25) is 0 Å². The minimum absolute atomic E-state index is 0.0901. The van der Waals surface area contributed by atoms with Crippen molar-refractivity contribution in [1.29, 1.82) is 0 Å². The summed E-state index contributed by atoms with van der Waals surface area (Å²) >= 11 is 0.969. The highest BCUT2D eigenvalue weighted by atomic mass is 32.1. The minimum Gasteiger partial charge on any atom is -0.310 e. The zero-order chi connectivity index (χ0) is 15.6. The number of nitrogens with zero attached hydrogens (tertiary/aromatic N) is 3. The molecule has 2 rings (SSSR count). The molecule has 1 N–H and O–H groups in total. The lowest BCUT2D eigenvalue weighted by atomic mass is 10.3. The summed E-state index contributed by atoms with van der Waals surface area (Å²) in [5.74, 6) is 0.215. The Bertz CT molecular complexity index is 605. The van der Waals surface area contributed by atoms with Crippen LogP contribution < -0.4 is 5.32 Å². The lowest BCUT2D eigenvalue weighted by Gasteiger charge is -2.09. The highest BCUT2D eigenvalue weighted by molar-refractivity contribution is 7.15. The van der Waals surface area contributed by atoms with Crippen molar-refractivity contribution < 1.29 is 13.2 Å². The van der Waals surface area contributed by atoms with Gasteiger partial charge in [-0.15, -0.1) is 11.3 Å². The monoisotopic (exact) mass is 316 g/mol. The van der Waals surface area contributed by atoms with Crippen molar-refractivity contribution in [1.82, 2.24) is 20.3 Å². The van der Waals surface area contributed by atoms with E-state index < -0.39 is 11.9 Å². The smallest absolute Gasteiger partial charge is 0.310 e. The van der Waals surface area contributed by atoms with E-state index >= 15 is 0 Å². The second kappa shape index (κ2) is 6.07. The number of alkyl halides is 3. The Hall–Kier alpha value is -1.54. The zero-order valence-corrected chi connectivity index (χ0v) is 12.6. The van der Waals surface area contributed by atoms with Crippen LogP contribution in [0.25, 0.3) is 10.8 Å². The third-order valence-electron chi connectivity index (χ3n) is 2.61. The van der Waals surface area contributed by atoms with Gasteiger partial charge in [0.1, 0.15) is 0 Å². The molecule has 0 aliphatic heterocycles. The van der Waals surface area contributed by atoms with Crippen molar-refractivity contribution in [2.45, 2.75) is 39.5 Å². The van der Waals surface area contributed by atoms with Crippen LogP contribution in [0.15, 0.2) is 12.4 Å². The Kier molecular flexibility index (Phi) is 4.58. The normalized spacial score (nSPS) is 12.1. The average Bonchev–Trinajstić information content (AvgIpc) is 2.81. The van der Waals surface area contributed by atoms with Gasteiger partial charge in [0.05, 0.1) is 4.88 Å². The van der Waals surface area contributed by atoms with Crippen LogP contribution in [0.4, 0.5) is 13.2 Å². The van der Waals surface area contributed by atoms with E-state index in [0.29, 0.717) is 0 Å². The molecule has 114 valence electrons. The van der Waals surface area contributed by atoms with Crippen molar-refractivity contribution in [2.24, 2.45) is 0 Å². The molecule has 8 heteroatoms. The third-order valence-corrected chi connectivity index (χ3v) is 3.66. The number of rotatable bonds is 4. The van der Waals surface area contributed by atoms with E-state index in [1.54, 1.807) is 12.4 Å². The summed E-state index contributed by atoms with van der Waals surface area (Å²) in [7, 11) is 0. The lowest BCUT2D eigenvalue weighted by molar-refractivity contribution is -0.141. The van der Waals surface area contributed by atoms with Gasteiger partial charge >= 0.3 is 6.18 Å². The Morgan fingerprint density at radius 2 is 1.86 bits per heavy atom. The molecule has 0 saturated heterocycles. The van der Waals surface area contributed by atoms with Gasteiger partial charge < -0.3 is 5.32 Å². The van der Waals surface area contributed by atoms with Gasteiger partial charge in [-0.25, -0.2) is 15.0 Å². The first-order chi connectivity index (χ1) is 9.77. The van der Waals surface area contributed by atoms with Crippen LogP contribution in [0.1, 0.15) is 30.0 Å². The predicted molar refractivity (Wildman–Crippen MR) is 74.9 cm³/mol. The minimum atomic E-state index is -4.48. The highest BCUT2D eigenvalue weighted by Gasteiger charge is 2.37. The number of nitrogens with one attached hydrogen (secondary N) is 1. The predicted octanol–water partition coefficient (Wildman–Crippen LogP) is 3.43. The number of hydrogen-bond donors (Lipinski definition) is 1. The van der Waals surface area contributed by atoms with Crippen LogP contribution >= 0.6 is 11.3 Å². The molecule has 2 aromatic rings. The topological polar surface area (TPSA) is 50.7 Å². The lowest BCUT2D eigenvalue weighted by Crippen LogP contribution is -2.23. The maximum absolute atomic E-state index is 13.0. The molecule has 0 saturated carbocycles. The number of aromatic nitrogens is 3. The Morgan fingerprint density at radius 3 is 2.38 bits per heavy atom. The molecule has 0 unspecified atom stereocenters. The van der Waals surface area contributed by atoms with E-state index in [-0.39, 0.29) is 28.3 Å². The van der Waals surface area contributed by atoms with Crippen molar-refractivity contribution in [3.63, 3.8) is 0 Å². The van der Waals surface area contributed by atoms with Gasteiger partial charge in [-0.05, 0) is 12.5 Å². The fraction of sp³-hybridized carbons (Fsp3) is 0.462. The molecule has 0 aromatic carbocycles. The molecule has 0 spiro atoms. The second-order valence-corrected chi connectivity index (χ2v) is 5.99.